The second kappa shape index (κ2) is 4.42. The number of ether oxygens (including phenoxy) is 1. The Morgan fingerprint density at radius 3 is 2.93 bits per heavy atom. The zero-order valence-electron chi connectivity index (χ0n) is 8.15. The van der Waals surface area contributed by atoms with Gasteiger partial charge in [-0.1, -0.05) is 6.07 Å². The van der Waals surface area contributed by atoms with E-state index >= 15 is 0 Å². The summed E-state index contributed by atoms with van der Waals surface area (Å²) in [4.78, 5) is 4.30. The van der Waals surface area contributed by atoms with Crippen LogP contribution in [0, 0.1) is 0 Å². The highest BCUT2D eigenvalue weighted by atomic mass is 16.5. The van der Waals surface area contributed by atoms with Crippen molar-refractivity contribution in [3.8, 4) is 5.88 Å². The van der Waals surface area contributed by atoms with Crippen LogP contribution in [0.5, 0.6) is 5.88 Å². The Bertz CT molecular complexity index is 297. The van der Waals surface area contributed by atoms with Crippen LogP contribution in [-0.2, 0) is 6.42 Å². The summed E-state index contributed by atoms with van der Waals surface area (Å²) in [6.07, 6.45) is 4.52. The van der Waals surface area contributed by atoms with Crippen LogP contribution >= 0.6 is 0 Å². The molecule has 0 atom stereocenters. The Hall–Kier alpha value is -1.09. The van der Waals surface area contributed by atoms with Crippen molar-refractivity contribution in [3.05, 3.63) is 23.9 Å². The highest BCUT2D eigenvalue weighted by molar-refractivity contribution is 5.16. The van der Waals surface area contributed by atoms with Crippen molar-refractivity contribution in [2.24, 2.45) is 0 Å². The molecule has 1 aliphatic carbocycles. The van der Waals surface area contributed by atoms with Crippen LogP contribution in [0.3, 0.4) is 0 Å². The number of nitrogens with zero attached hydrogens (tertiary/aromatic N) is 1. The molecule has 1 aromatic heterocycles. The van der Waals surface area contributed by atoms with E-state index in [2.05, 4.69) is 4.98 Å². The SMILES string of the molecule is OCCc1cccc(OC2CCC2)n1. The van der Waals surface area contributed by atoms with E-state index in [4.69, 9.17) is 9.84 Å². The molecule has 1 heterocycles. The third-order valence-electron chi connectivity index (χ3n) is 2.49. The Labute approximate surface area is 83.7 Å². The summed E-state index contributed by atoms with van der Waals surface area (Å²) in [5, 5.41) is 8.77. The van der Waals surface area contributed by atoms with Crippen molar-refractivity contribution < 1.29 is 9.84 Å². The Morgan fingerprint density at radius 1 is 1.43 bits per heavy atom. The lowest BCUT2D eigenvalue weighted by molar-refractivity contribution is 0.114. The first-order valence-corrected chi connectivity index (χ1v) is 5.12. The van der Waals surface area contributed by atoms with Crippen molar-refractivity contribution in [2.75, 3.05) is 6.61 Å². The van der Waals surface area contributed by atoms with E-state index in [9.17, 15) is 0 Å². The molecule has 1 fully saturated rings. The summed E-state index contributed by atoms with van der Waals surface area (Å²) in [7, 11) is 0. The molecule has 14 heavy (non-hydrogen) atoms. The summed E-state index contributed by atoms with van der Waals surface area (Å²) in [5.41, 5.74) is 0.893. The maximum absolute atomic E-state index is 8.77. The minimum absolute atomic E-state index is 0.139. The van der Waals surface area contributed by atoms with Crippen LogP contribution in [0.15, 0.2) is 18.2 Å². The van der Waals surface area contributed by atoms with Gasteiger partial charge in [-0.25, -0.2) is 4.98 Å². The van der Waals surface area contributed by atoms with Gasteiger partial charge in [-0.15, -0.1) is 0 Å². The van der Waals surface area contributed by atoms with Crippen LogP contribution in [0.2, 0.25) is 0 Å². The molecule has 2 rings (SSSR count). The van der Waals surface area contributed by atoms with E-state index in [0.29, 0.717) is 18.4 Å². The lowest BCUT2D eigenvalue weighted by Gasteiger charge is -2.25. The van der Waals surface area contributed by atoms with Crippen LogP contribution in [0.25, 0.3) is 0 Å². The van der Waals surface area contributed by atoms with E-state index in [1.54, 1.807) is 0 Å². The molecular formula is C11H15NO2. The van der Waals surface area contributed by atoms with Crippen molar-refractivity contribution in [3.63, 3.8) is 0 Å². The smallest absolute Gasteiger partial charge is 0.213 e. The second-order valence-electron chi connectivity index (χ2n) is 3.61. The fourth-order valence-electron chi connectivity index (χ4n) is 1.44. The van der Waals surface area contributed by atoms with Gasteiger partial charge in [0.2, 0.25) is 5.88 Å². The number of hydrogen-bond donors (Lipinski definition) is 1. The van der Waals surface area contributed by atoms with Gasteiger partial charge in [0.05, 0.1) is 0 Å². The van der Waals surface area contributed by atoms with E-state index in [0.717, 1.165) is 18.5 Å². The molecular weight excluding hydrogens is 178 g/mol. The lowest BCUT2D eigenvalue weighted by Crippen LogP contribution is -2.25. The summed E-state index contributed by atoms with van der Waals surface area (Å²) >= 11 is 0. The highest BCUT2D eigenvalue weighted by Crippen LogP contribution is 2.23. The largest absolute Gasteiger partial charge is 0.474 e. The summed E-state index contributed by atoms with van der Waals surface area (Å²) in [5.74, 6) is 0.695. The minimum atomic E-state index is 0.139. The van der Waals surface area contributed by atoms with Crippen LogP contribution in [0.1, 0.15) is 25.0 Å². The molecule has 0 aliphatic heterocycles. The van der Waals surface area contributed by atoms with Crippen LogP contribution in [-0.4, -0.2) is 22.8 Å². The van der Waals surface area contributed by atoms with Gasteiger partial charge in [-0.2, -0.15) is 0 Å². The molecule has 1 aromatic rings. The zero-order valence-corrected chi connectivity index (χ0v) is 8.15. The molecule has 0 saturated heterocycles. The predicted octanol–water partition coefficient (Wildman–Crippen LogP) is 1.55. The normalized spacial score (nSPS) is 16.4. The van der Waals surface area contributed by atoms with Gasteiger partial charge in [0, 0.05) is 24.8 Å². The quantitative estimate of drug-likeness (QED) is 0.788. The van der Waals surface area contributed by atoms with Crippen LogP contribution < -0.4 is 4.74 Å². The molecule has 76 valence electrons. The van der Waals surface area contributed by atoms with Gasteiger partial charge < -0.3 is 9.84 Å². The summed E-state index contributed by atoms with van der Waals surface area (Å²) < 4.78 is 5.64. The van der Waals surface area contributed by atoms with E-state index in [-0.39, 0.29) is 6.61 Å². The Morgan fingerprint density at radius 2 is 2.29 bits per heavy atom. The fourth-order valence-corrected chi connectivity index (χ4v) is 1.44. The molecule has 0 aromatic carbocycles. The predicted molar refractivity (Wildman–Crippen MR) is 53.3 cm³/mol. The molecule has 0 spiro atoms. The maximum atomic E-state index is 8.77. The van der Waals surface area contributed by atoms with Crippen molar-refractivity contribution >= 4 is 0 Å². The van der Waals surface area contributed by atoms with Gasteiger partial charge in [0.1, 0.15) is 6.10 Å². The molecule has 0 radical (unpaired) electrons. The number of aliphatic hydroxyl groups is 1. The van der Waals surface area contributed by atoms with Gasteiger partial charge >= 0.3 is 0 Å². The van der Waals surface area contributed by atoms with Gasteiger partial charge in [0.15, 0.2) is 0 Å². The molecule has 0 unspecified atom stereocenters. The van der Waals surface area contributed by atoms with E-state index in [1.165, 1.54) is 6.42 Å². The average Bonchev–Trinajstić information content (AvgIpc) is 2.13. The number of aliphatic hydroxyl groups excluding tert-OH is 1. The average molecular weight is 193 g/mol. The Balaban J connectivity index is 1.97. The summed E-state index contributed by atoms with van der Waals surface area (Å²) in [6.45, 7) is 0.139. The summed E-state index contributed by atoms with van der Waals surface area (Å²) in [6, 6.07) is 5.70. The molecule has 0 amide bonds. The molecule has 1 N–H and O–H groups in total. The minimum Gasteiger partial charge on any atom is -0.474 e. The monoisotopic (exact) mass is 193 g/mol. The van der Waals surface area contributed by atoms with Crippen molar-refractivity contribution in [1.82, 2.24) is 4.98 Å². The van der Waals surface area contributed by atoms with Crippen LogP contribution in [0.4, 0.5) is 0 Å². The first kappa shape index (κ1) is 9.46. The first-order valence-electron chi connectivity index (χ1n) is 5.12. The van der Waals surface area contributed by atoms with Gasteiger partial charge in [-0.05, 0) is 25.3 Å². The number of hydrogen-bond acceptors (Lipinski definition) is 3. The van der Waals surface area contributed by atoms with Gasteiger partial charge in [-0.3, -0.25) is 0 Å². The standard InChI is InChI=1S/C11H15NO2/c13-8-7-9-3-1-6-11(12-9)14-10-4-2-5-10/h1,3,6,10,13H,2,4-5,7-8H2. The van der Waals surface area contributed by atoms with Crippen molar-refractivity contribution in [1.29, 1.82) is 0 Å². The second-order valence-corrected chi connectivity index (χ2v) is 3.61. The lowest BCUT2D eigenvalue weighted by atomic mass is 9.96. The highest BCUT2D eigenvalue weighted by Gasteiger charge is 2.19. The molecule has 1 aliphatic rings. The number of pyridine rings is 1. The topological polar surface area (TPSA) is 42.4 Å². The number of aromatic nitrogens is 1. The fraction of sp³-hybridized carbons (Fsp3) is 0.545. The first-order chi connectivity index (χ1) is 6.88. The maximum Gasteiger partial charge on any atom is 0.213 e. The molecule has 1 saturated carbocycles. The molecule has 0 bridgehead atoms. The van der Waals surface area contributed by atoms with E-state index < -0.39 is 0 Å². The third kappa shape index (κ3) is 2.23. The number of rotatable bonds is 4. The molecule has 3 nitrogen and oxygen atoms in total. The van der Waals surface area contributed by atoms with Gasteiger partial charge in [0.25, 0.3) is 0 Å². The van der Waals surface area contributed by atoms with E-state index in [1.807, 2.05) is 18.2 Å². The third-order valence-corrected chi connectivity index (χ3v) is 2.49. The zero-order chi connectivity index (χ0) is 9.80. The Kier molecular flexibility index (Phi) is 2.99. The molecule has 3 heteroatoms. The van der Waals surface area contributed by atoms with Crippen molar-refractivity contribution in [2.45, 2.75) is 31.8 Å².